The Morgan fingerprint density at radius 2 is 1.90 bits per heavy atom. The van der Waals surface area contributed by atoms with Gasteiger partial charge in [-0.2, -0.15) is 4.31 Å². The maximum absolute atomic E-state index is 14.1. The van der Waals surface area contributed by atoms with E-state index in [1.807, 2.05) is 6.07 Å². The predicted molar refractivity (Wildman–Crippen MR) is 107 cm³/mol. The normalized spacial score (nSPS) is 24.2. The molecule has 4 rings (SSSR count). The van der Waals surface area contributed by atoms with Crippen LogP contribution in [0.1, 0.15) is 12.0 Å². The van der Waals surface area contributed by atoms with E-state index in [-0.39, 0.29) is 23.8 Å². The third kappa shape index (κ3) is 4.02. The highest BCUT2D eigenvalue weighted by Gasteiger charge is 2.47. The van der Waals surface area contributed by atoms with E-state index < -0.39 is 15.6 Å². The van der Waals surface area contributed by atoms with E-state index in [1.165, 1.54) is 10.4 Å². The molecule has 156 valence electrons. The van der Waals surface area contributed by atoms with E-state index in [9.17, 15) is 12.8 Å². The van der Waals surface area contributed by atoms with Crippen LogP contribution in [0.4, 0.5) is 4.39 Å². The molecular formula is C21H25FN2O4S. The molecule has 0 radical (unpaired) electrons. The number of halogens is 1. The van der Waals surface area contributed by atoms with Crippen LogP contribution in [0.2, 0.25) is 0 Å². The largest absolute Gasteiger partial charge is 0.483 e. The summed E-state index contributed by atoms with van der Waals surface area (Å²) in [6.45, 7) is 2.48. The minimum atomic E-state index is -3.69. The van der Waals surface area contributed by atoms with Crippen molar-refractivity contribution in [2.75, 3.05) is 39.9 Å². The number of fused-ring (bicyclic) bond motifs is 1. The van der Waals surface area contributed by atoms with Crippen molar-refractivity contribution in [2.24, 2.45) is 0 Å². The van der Waals surface area contributed by atoms with Crippen LogP contribution in [0.25, 0.3) is 0 Å². The molecule has 0 bridgehead atoms. The van der Waals surface area contributed by atoms with Crippen molar-refractivity contribution in [3.63, 3.8) is 0 Å². The standard InChI is InChI=1S/C21H25FN2O4S/c1-27-13-12-24-16-21(28-19-8-4-5-9-20(19)29(24,25)26)10-11-23(15-21)14-17-6-2-3-7-18(17)22/h2-9H,10-16H2,1H3/t21-/m0/s1. The van der Waals surface area contributed by atoms with Gasteiger partial charge in [0.2, 0.25) is 10.0 Å². The van der Waals surface area contributed by atoms with Gasteiger partial charge in [0.15, 0.2) is 0 Å². The molecule has 2 aliphatic rings. The lowest BCUT2D eigenvalue weighted by molar-refractivity contribution is 0.0532. The molecular weight excluding hydrogens is 395 g/mol. The van der Waals surface area contributed by atoms with Gasteiger partial charge in [0.25, 0.3) is 0 Å². The maximum Gasteiger partial charge on any atom is 0.246 e. The van der Waals surface area contributed by atoms with Crippen molar-refractivity contribution in [2.45, 2.75) is 23.5 Å². The van der Waals surface area contributed by atoms with E-state index in [1.54, 1.807) is 43.5 Å². The van der Waals surface area contributed by atoms with E-state index in [0.717, 1.165) is 0 Å². The number of likely N-dealkylation sites (tertiary alicyclic amines) is 1. The zero-order valence-corrected chi connectivity index (χ0v) is 17.2. The molecule has 6 nitrogen and oxygen atoms in total. The molecule has 0 aliphatic carbocycles. The zero-order valence-electron chi connectivity index (χ0n) is 16.4. The third-order valence-electron chi connectivity index (χ3n) is 5.55. The summed E-state index contributed by atoms with van der Waals surface area (Å²) in [4.78, 5) is 2.30. The molecule has 1 fully saturated rings. The quantitative estimate of drug-likeness (QED) is 0.744. The maximum atomic E-state index is 14.1. The summed E-state index contributed by atoms with van der Waals surface area (Å²) in [5.41, 5.74) is -0.0546. The number of methoxy groups -OCH3 is 1. The molecule has 1 atom stereocenters. The lowest BCUT2D eigenvalue weighted by Gasteiger charge is -2.32. The third-order valence-corrected chi connectivity index (χ3v) is 7.43. The number of hydrogen-bond acceptors (Lipinski definition) is 5. The predicted octanol–water partition coefficient (Wildman–Crippen LogP) is 2.50. The van der Waals surface area contributed by atoms with Gasteiger partial charge < -0.3 is 9.47 Å². The molecule has 0 N–H and O–H groups in total. The summed E-state index contributed by atoms with van der Waals surface area (Å²) in [7, 11) is -2.14. The molecule has 2 aromatic carbocycles. The van der Waals surface area contributed by atoms with Crippen LogP contribution in [0.3, 0.4) is 0 Å². The fourth-order valence-electron chi connectivity index (χ4n) is 4.09. The number of sulfonamides is 1. The van der Waals surface area contributed by atoms with Crippen LogP contribution in [-0.4, -0.2) is 63.1 Å². The molecule has 0 saturated carbocycles. The molecule has 2 aliphatic heterocycles. The topological polar surface area (TPSA) is 59.1 Å². The smallest absolute Gasteiger partial charge is 0.246 e. The van der Waals surface area contributed by atoms with Gasteiger partial charge in [-0.15, -0.1) is 0 Å². The Morgan fingerprint density at radius 1 is 1.14 bits per heavy atom. The van der Waals surface area contributed by atoms with Gasteiger partial charge >= 0.3 is 0 Å². The van der Waals surface area contributed by atoms with Gasteiger partial charge in [-0.25, -0.2) is 12.8 Å². The van der Waals surface area contributed by atoms with Gasteiger partial charge in [0.1, 0.15) is 22.1 Å². The fraction of sp³-hybridized carbons (Fsp3) is 0.429. The van der Waals surface area contributed by atoms with E-state index in [2.05, 4.69) is 4.90 Å². The highest BCUT2D eigenvalue weighted by atomic mass is 32.2. The second-order valence-electron chi connectivity index (χ2n) is 7.62. The van der Waals surface area contributed by atoms with Crippen LogP contribution in [-0.2, 0) is 21.3 Å². The second kappa shape index (κ2) is 8.02. The highest BCUT2D eigenvalue weighted by molar-refractivity contribution is 7.89. The second-order valence-corrected chi connectivity index (χ2v) is 9.52. The number of ether oxygens (including phenoxy) is 2. The first-order valence-electron chi connectivity index (χ1n) is 9.66. The minimum absolute atomic E-state index is 0.181. The van der Waals surface area contributed by atoms with Crippen LogP contribution in [0.5, 0.6) is 5.75 Å². The molecule has 8 heteroatoms. The number of para-hydroxylation sites is 1. The van der Waals surface area contributed by atoms with Crippen LogP contribution >= 0.6 is 0 Å². The minimum Gasteiger partial charge on any atom is -0.483 e. The first-order chi connectivity index (χ1) is 13.9. The van der Waals surface area contributed by atoms with E-state index in [4.69, 9.17) is 9.47 Å². The van der Waals surface area contributed by atoms with Crippen molar-refractivity contribution < 1.29 is 22.3 Å². The van der Waals surface area contributed by atoms with Crippen molar-refractivity contribution >= 4 is 10.0 Å². The molecule has 0 aromatic heterocycles. The Kier molecular flexibility index (Phi) is 5.61. The summed E-state index contributed by atoms with van der Waals surface area (Å²) in [6, 6.07) is 13.5. The lowest BCUT2D eigenvalue weighted by Crippen LogP contribution is -2.49. The van der Waals surface area contributed by atoms with Gasteiger partial charge in [-0.3, -0.25) is 4.90 Å². The van der Waals surface area contributed by atoms with Gasteiger partial charge in [-0.1, -0.05) is 30.3 Å². The Morgan fingerprint density at radius 3 is 2.69 bits per heavy atom. The molecule has 0 amide bonds. The van der Waals surface area contributed by atoms with Crippen molar-refractivity contribution in [1.82, 2.24) is 9.21 Å². The van der Waals surface area contributed by atoms with Crippen molar-refractivity contribution in [1.29, 1.82) is 0 Å². The molecule has 29 heavy (non-hydrogen) atoms. The Labute approximate surface area is 170 Å². The number of hydrogen-bond donors (Lipinski definition) is 0. The Hall–Kier alpha value is -2.00. The summed E-state index contributed by atoms with van der Waals surface area (Å²) in [5, 5.41) is 0. The summed E-state index contributed by atoms with van der Waals surface area (Å²) >= 11 is 0. The number of benzene rings is 2. The summed E-state index contributed by atoms with van der Waals surface area (Å²) < 4.78 is 53.4. The van der Waals surface area contributed by atoms with Crippen LogP contribution in [0.15, 0.2) is 53.4 Å². The number of rotatable bonds is 5. The van der Waals surface area contributed by atoms with Crippen LogP contribution < -0.4 is 4.74 Å². The SMILES string of the molecule is COCCN1C[C@@]2(CCN(Cc3ccccc3F)C2)Oc2ccccc2S1(=O)=O. The molecule has 1 saturated heterocycles. The van der Waals surface area contributed by atoms with Gasteiger partial charge in [-0.05, 0) is 18.2 Å². The lowest BCUT2D eigenvalue weighted by atomic mass is 10.0. The first-order valence-corrected chi connectivity index (χ1v) is 11.1. The first kappa shape index (κ1) is 20.3. The van der Waals surface area contributed by atoms with Gasteiger partial charge in [0.05, 0.1) is 13.2 Å². The Bertz CT molecular complexity index is 984. The van der Waals surface area contributed by atoms with E-state index >= 15 is 0 Å². The molecule has 0 unspecified atom stereocenters. The van der Waals surface area contributed by atoms with Crippen molar-refractivity contribution in [3.8, 4) is 5.75 Å². The number of nitrogens with zero attached hydrogens (tertiary/aromatic N) is 2. The molecule has 2 aromatic rings. The zero-order chi connectivity index (χ0) is 20.5. The summed E-state index contributed by atoms with van der Waals surface area (Å²) in [5.74, 6) is 0.144. The van der Waals surface area contributed by atoms with Crippen LogP contribution in [0, 0.1) is 5.82 Å². The average molecular weight is 421 g/mol. The van der Waals surface area contributed by atoms with E-state index in [0.29, 0.717) is 44.0 Å². The molecule has 2 heterocycles. The highest BCUT2D eigenvalue weighted by Crippen LogP contribution is 2.38. The van der Waals surface area contributed by atoms with Gasteiger partial charge in [0, 0.05) is 45.3 Å². The monoisotopic (exact) mass is 420 g/mol. The Balaban J connectivity index is 1.63. The summed E-state index contributed by atoms with van der Waals surface area (Å²) in [6.07, 6.45) is 0.661. The molecule has 1 spiro atoms. The van der Waals surface area contributed by atoms with Crippen molar-refractivity contribution in [3.05, 3.63) is 59.9 Å². The average Bonchev–Trinajstić information content (AvgIpc) is 3.05. The fourth-order valence-corrected chi connectivity index (χ4v) is 5.71.